The van der Waals surface area contributed by atoms with E-state index in [0.29, 0.717) is 51.3 Å². The van der Waals surface area contributed by atoms with Crippen molar-refractivity contribution in [1.29, 1.82) is 0 Å². The Morgan fingerprint density at radius 1 is 0.868 bits per heavy atom. The molecule has 1 unspecified atom stereocenters. The van der Waals surface area contributed by atoms with Crippen LogP contribution in [0.2, 0.25) is 0 Å². The van der Waals surface area contributed by atoms with Crippen LogP contribution in [0.4, 0.5) is 11.4 Å². The Kier molecular flexibility index (Phi) is 7.54. The molecular formula is C28H34N4O5S. The first-order chi connectivity index (χ1) is 18.2. The maximum atomic E-state index is 13.1. The summed E-state index contributed by atoms with van der Waals surface area (Å²) in [5.74, 6) is -0.804. The average molecular weight is 539 g/mol. The predicted octanol–water partition coefficient (Wildman–Crippen LogP) is 3.01. The zero-order valence-electron chi connectivity index (χ0n) is 21.6. The van der Waals surface area contributed by atoms with Gasteiger partial charge in [0.1, 0.15) is 0 Å². The third-order valence-corrected chi connectivity index (χ3v) is 9.73. The first-order valence-electron chi connectivity index (χ1n) is 13.3. The van der Waals surface area contributed by atoms with Crippen molar-refractivity contribution in [2.24, 2.45) is 11.8 Å². The molecule has 3 saturated heterocycles. The van der Waals surface area contributed by atoms with Crippen molar-refractivity contribution in [3.8, 4) is 0 Å². The maximum absolute atomic E-state index is 13.1. The molecule has 1 atom stereocenters. The van der Waals surface area contributed by atoms with Crippen LogP contribution in [0.3, 0.4) is 0 Å². The van der Waals surface area contributed by atoms with Crippen molar-refractivity contribution in [3.05, 3.63) is 54.1 Å². The summed E-state index contributed by atoms with van der Waals surface area (Å²) in [5, 5.41) is 2.89. The van der Waals surface area contributed by atoms with Crippen LogP contribution >= 0.6 is 0 Å². The number of benzene rings is 2. The molecule has 0 saturated carbocycles. The molecule has 3 heterocycles. The third-order valence-electron chi connectivity index (χ3n) is 7.82. The van der Waals surface area contributed by atoms with E-state index in [9.17, 15) is 22.8 Å². The number of nitrogens with one attached hydrogen (secondary N) is 1. The molecule has 0 radical (unpaired) electrons. The number of likely N-dealkylation sites (tertiary alicyclic amines) is 1. The first-order valence-corrected chi connectivity index (χ1v) is 14.7. The quantitative estimate of drug-likeness (QED) is 0.609. The molecule has 9 nitrogen and oxygen atoms in total. The van der Waals surface area contributed by atoms with Gasteiger partial charge in [0.15, 0.2) is 0 Å². The van der Waals surface area contributed by atoms with Gasteiger partial charge in [-0.1, -0.05) is 17.7 Å². The van der Waals surface area contributed by atoms with E-state index in [2.05, 4.69) is 5.32 Å². The monoisotopic (exact) mass is 538 g/mol. The number of sulfonamides is 1. The maximum Gasteiger partial charge on any atom is 0.243 e. The highest BCUT2D eigenvalue weighted by Crippen LogP contribution is 2.29. The fraction of sp³-hybridized carbons (Fsp3) is 0.464. The zero-order valence-corrected chi connectivity index (χ0v) is 22.5. The van der Waals surface area contributed by atoms with Crippen molar-refractivity contribution >= 4 is 39.1 Å². The van der Waals surface area contributed by atoms with Crippen LogP contribution < -0.4 is 10.2 Å². The Labute approximate surface area is 223 Å². The largest absolute Gasteiger partial charge is 0.342 e. The fourth-order valence-corrected chi connectivity index (χ4v) is 7.02. The lowest BCUT2D eigenvalue weighted by Gasteiger charge is -2.33. The number of hydrogen-bond acceptors (Lipinski definition) is 5. The summed E-state index contributed by atoms with van der Waals surface area (Å²) in [6.07, 6.45) is 3.05. The number of carbonyl (C=O) groups is 3. The molecule has 2 aromatic rings. The Morgan fingerprint density at radius 2 is 1.50 bits per heavy atom. The molecule has 1 N–H and O–H groups in total. The molecule has 0 spiro atoms. The van der Waals surface area contributed by atoms with Gasteiger partial charge in [-0.25, -0.2) is 8.42 Å². The second kappa shape index (κ2) is 10.9. The van der Waals surface area contributed by atoms with Gasteiger partial charge in [0, 0.05) is 56.4 Å². The Balaban J connectivity index is 1.12. The minimum Gasteiger partial charge on any atom is -0.342 e. The first kappa shape index (κ1) is 26.4. The van der Waals surface area contributed by atoms with Gasteiger partial charge >= 0.3 is 0 Å². The van der Waals surface area contributed by atoms with E-state index >= 15 is 0 Å². The van der Waals surface area contributed by atoms with E-state index in [-0.39, 0.29) is 40.9 Å². The molecule has 3 amide bonds. The number of rotatable bonds is 6. The second-order valence-electron chi connectivity index (χ2n) is 10.5. The number of carbonyl (C=O) groups excluding carboxylic acids is 3. The summed E-state index contributed by atoms with van der Waals surface area (Å²) in [6.45, 7) is 4.40. The normalized spacial score (nSPS) is 21.2. The average Bonchev–Trinajstić information content (AvgIpc) is 3.60. The number of piperidine rings is 1. The Bertz CT molecular complexity index is 1300. The summed E-state index contributed by atoms with van der Waals surface area (Å²) in [4.78, 5) is 42.3. The number of aryl methyl sites for hydroxylation is 1. The smallest absolute Gasteiger partial charge is 0.243 e. The molecule has 2 aromatic carbocycles. The van der Waals surface area contributed by atoms with Gasteiger partial charge in [-0.2, -0.15) is 4.31 Å². The highest BCUT2D eigenvalue weighted by molar-refractivity contribution is 7.89. The van der Waals surface area contributed by atoms with E-state index in [1.165, 1.54) is 16.4 Å². The molecule has 3 fully saturated rings. The molecule has 3 aliphatic heterocycles. The minimum atomic E-state index is -3.49. The number of amides is 3. The molecule has 10 heteroatoms. The van der Waals surface area contributed by atoms with Gasteiger partial charge < -0.3 is 15.1 Å². The van der Waals surface area contributed by atoms with Gasteiger partial charge in [-0.05, 0) is 69.0 Å². The molecule has 0 aromatic heterocycles. The Hall–Kier alpha value is -3.24. The van der Waals surface area contributed by atoms with Crippen LogP contribution in [0.1, 0.15) is 37.7 Å². The molecule has 202 valence electrons. The Morgan fingerprint density at radius 3 is 2.13 bits per heavy atom. The minimum absolute atomic E-state index is 0.0263. The number of anilines is 2. The number of hydrogen-bond donors (Lipinski definition) is 1. The highest BCUT2D eigenvalue weighted by Gasteiger charge is 2.38. The number of nitrogens with zero attached hydrogens (tertiary/aromatic N) is 3. The molecule has 5 rings (SSSR count). The van der Waals surface area contributed by atoms with Crippen molar-refractivity contribution in [1.82, 2.24) is 9.21 Å². The highest BCUT2D eigenvalue weighted by atomic mass is 32.2. The van der Waals surface area contributed by atoms with Crippen LogP contribution in [-0.4, -0.2) is 68.1 Å². The van der Waals surface area contributed by atoms with Crippen LogP contribution in [0.15, 0.2) is 53.4 Å². The summed E-state index contributed by atoms with van der Waals surface area (Å²) in [7, 11) is -3.49. The van der Waals surface area contributed by atoms with Crippen molar-refractivity contribution in [2.45, 2.75) is 43.9 Å². The standard InChI is InChI=1S/C28H34N4O5S/c1-20-4-8-24(9-5-20)32-19-22(18-26(32)33)28(35)30-16-12-21(13-17-30)27(34)29-23-6-10-25(11-7-23)38(36,37)31-14-2-3-15-31/h4-11,21-22H,2-3,12-19H2,1H3,(H,29,34). The van der Waals surface area contributed by atoms with Crippen LogP contribution in [0, 0.1) is 18.8 Å². The molecule has 0 aliphatic carbocycles. The van der Waals surface area contributed by atoms with Gasteiger partial charge in [-0.3, -0.25) is 14.4 Å². The van der Waals surface area contributed by atoms with Crippen molar-refractivity contribution in [2.75, 3.05) is 42.9 Å². The lowest BCUT2D eigenvalue weighted by molar-refractivity contribution is -0.138. The van der Waals surface area contributed by atoms with Crippen LogP contribution in [0.5, 0.6) is 0 Å². The summed E-state index contributed by atoms with van der Waals surface area (Å²) < 4.78 is 26.9. The predicted molar refractivity (Wildman–Crippen MR) is 144 cm³/mol. The van der Waals surface area contributed by atoms with Gasteiger partial charge in [-0.15, -0.1) is 0 Å². The van der Waals surface area contributed by atoms with E-state index in [4.69, 9.17) is 0 Å². The zero-order chi connectivity index (χ0) is 26.9. The van der Waals surface area contributed by atoms with E-state index in [1.54, 1.807) is 21.9 Å². The molecule has 38 heavy (non-hydrogen) atoms. The lowest BCUT2D eigenvalue weighted by atomic mass is 9.94. The SMILES string of the molecule is Cc1ccc(N2CC(C(=O)N3CCC(C(=O)Nc4ccc(S(=O)(=O)N5CCCC5)cc4)CC3)CC2=O)cc1. The molecule has 0 bridgehead atoms. The third kappa shape index (κ3) is 5.47. The fourth-order valence-electron chi connectivity index (χ4n) is 5.50. The van der Waals surface area contributed by atoms with E-state index in [0.717, 1.165) is 24.1 Å². The second-order valence-corrected chi connectivity index (χ2v) is 12.4. The van der Waals surface area contributed by atoms with E-state index in [1.807, 2.05) is 31.2 Å². The summed E-state index contributed by atoms with van der Waals surface area (Å²) >= 11 is 0. The lowest BCUT2D eigenvalue weighted by Crippen LogP contribution is -2.44. The van der Waals surface area contributed by atoms with Crippen molar-refractivity contribution in [3.63, 3.8) is 0 Å². The summed E-state index contributed by atoms with van der Waals surface area (Å²) in [5.41, 5.74) is 2.48. The summed E-state index contributed by atoms with van der Waals surface area (Å²) in [6, 6.07) is 14.0. The topological polar surface area (TPSA) is 107 Å². The molecular weight excluding hydrogens is 504 g/mol. The molecule has 3 aliphatic rings. The van der Waals surface area contributed by atoms with Crippen LogP contribution in [-0.2, 0) is 24.4 Å². The van der Waals surface area contributed by atoms with Crippen LogP contribution in [0.25, 0.3) is 0 Å². The van der Waals surface area contributed by atoms with E-state index < -0.39 is 10.0 Å². The van der Waals surface area contributed by atoms with Crippen molar-refractivity contribution < 1.29 is 22.8 Å². The van der Waals surface area contributed by atoms with Gasteiger partial charge in [0.2, 0.25) is 27.7 Å². The van der Waals surface area contributed by atoms with Gasteiger partial charge in [0.05, 0.1) is 10.8 Å². The van der Waals surface area contributed by atoms with Gasteiger partial charge in [0.25, 0.3) is 0 Å².